The van der Waals surface area contributed by atoms with Gasteiger partial charge in [0, 0.05) is 49.3 Å². The second-order valence-corrected chi connectivity index (χ2v) is 13.3. The van der Waals surface area contributed by atoms with Gasteiger partial charge in [0.15, 0.2) is 6.29 Å². The number of carbonyl (C=O) groups excluding carboxylic acids is 4. The van der Waals surface area contributed by atoms with E-state index in [9.17, 15) is 19.2 Å². The average molecular weight is 698 g/mol. The molecule has 5 N–H and O–H groups in total. The molecular formula is C36H43N9O6. The van der Waals surface area contributed by atoms with Crippen LogP contribution < -0.4 is 5.73 Å². The normalized spacial score (nSPS) is 18.5. The highest BCUT2D eigenvalue weighted by Crippen LogP contribution is 2.32. The molecule has 15 heteroatoms. The van der Waals surface area contributed by atoms with E-state index in [0.717, 1.165) is 12.8 Å². The Bertz CT molecular complexity index is 1730. The average Bonchev–Trinajstić information content (AvgIpc) is 3.76. The number of amidine groups is 1. The lowest BCUT2D eigenvalue weighted by Gasteiger charge is -2.37. The Balaban J connectivity index is 0.000000199. The van der Waals surface area contributed by atoms with Crippen LogP contribution in [0, 0.1) is 16.7 Å². The van der Waals surface area contributed by atoms with Gasteiger partial charge in [-0.05, 0) is 62.1 Å². The summed E-state index contributed by atoms with van der Waals surface area (Å²) >= 11 is 0. The Labute approximate surface area is 296 Å². The van der Waals surface area contributed by atoms with Crippen molar-refractivity contribution in [3.05, 3.63) is 70.8 Å². The summed E-state index contributed by atoms with van der Waals surface area (Å²) in [4.78, 5) is 64.7. The number of rotatable bonds is 6. The van der Waals surface area contributed by atoms with E-state index in [2.05, 4.69) is 16.1 Å². The number of carbonyl (C=O) groups is 4. The van der Waals surface area contributed by atoms with Gasteiger partial charge in [0.1, 0.15) is 5.84 Å². The van der Waals surface area contributed by atoms with Crippen LogP contribution in [-0.4, -0.2) is 129 Å². The Morgan fingerprint density at radius 1 is 0.784 bits per heavy atom. The highest BCUT2D eigenvalue weighted by molar-refractivity contribution is 5.98. The third kappa shape index (κ3) is 8.65. The van der Waals surface area contributed by atoms with Crippen molar-refractivity contribution in [3.8, 4) is 6.07 Å². The molecule has 2 spiro atoms. The molecule has 2 saturated heterocycles. The standard InChI is InChI=1S/C18H23N5O4.C18H20N4O2/c19-16(20)12-1-3-13(4-2-12)17(27)22-7-5-18(6-8-22)10-23(11-21-18)14(24)9-15(25)26;1-2-16(23)22-12-18(20-13-22)7-9-21(10-8-18)17(24)15-5-3-14(11-19)4-6-15/h1-4,11,15,25-26H,5-10H2,(H3,19,20);3-6,13H,2,7-10,12H2,1H3. The molecule has 0 radical (unpaired) electrons. The molecule has 0 unspecified atom stereocenters. The second-order valence-electron chi connectivity index (χ2n) is 13.3. The van der Waals surface area contributed by atoms with Crippen LogP contribution in [0.4, 0.5) is 0 Å². The molecule has 6 rings (SSSR count). The SMILES string of the molecule is CCC(=O)N1C=NC2(CCN(C(=O)c3ccc(C#N)cc3)CC2)C1.N=C(N)c1ccc(C(=O)N2CCC3(CC2)CN(C(=O)CC(O)O)C=N3)cc1. The maximum atomic E-state index is 12.7. The van der Waals surface area contributed by atoms with Crippen LogP contribution in [0.1, 0.15) is 77.3 Å². The van der Waals surface area contributed by atoms with E-state index in [0.29, 0.717) is 80.8 Å². The molecule has 0 saturated carbocycles. The predicted molar refractivity (Wildman–Crippen MR) is 188 cm³/mol. The minimum absolute atomic E-state index is 0.0159. The minimum atomic E-state index is -1.67. The van der Waals surface area contributed by atoms with Gasteiger partial charge in [0.25, 0.3) is 11.8 Å². The number of likely N-dealkylation sites (tertiary alicyclic amines) is 2. The number of aliphatic hydroxyl groups excluding tert-OH is 1. The topological polar surface area (TPSA) is 220 Å². The van der Waals surface area contributed by atoms with Crippen LogP contribution in [0.3, 0.4) is 0 Å². The van der Waals surface area contributed by atoms with Gasteiger partial charge < -0.3 is 35.5 Å². The molecule has 2 aromatic carbocycles. The molecule has 4 aliphatic rings. The highest BCUT2D eigenvalue weighted by Gasteiger charge is 2.42. The van der Waals surface area contributed by atoms with E-state index in [4.69, 9.17) is 26.6 Å². The summed E-state index contributed by atoms with van der Waals surface area (Å²) in [5.41, 5.74) is 7.04. The first-order chi connectivity index (χ1) is 24.4. The lowest BCUT2D eigenvalue weighted by Crippen LogP contribution is -2.48. The summed E-state index contributed by atoms with van der Waals surface area (Å²) in [6.45, 7) is 5.17. The molecule has 4 amide bonds. The molecule has 0 atom stereocenters. The van der Waals surface area contributed by atoms with Gasteiger partial charge in [0.05, 0.1) is 54.9 Å². The van der Waals surface area contributed by atoms with Crippen LogP contribution in [0.5, 0.6) is 0 Å². The summed E-state index contributed by atoms with van der Waals surface area (Å²) in [6.07, 6.45) is 4.36. The fourth-order valence-electron chi connectivity index (χ4n) is 6.63. The number of nitrogens with zero attached hydrogens (tertiary/aromatic N) is 7. The van der Waals surface area contributed by atoms with Crippen molar-refractivity contribution in [2.24, 2.45) is 15.7 Å². The number of aliphatic hydroxyl groups is 2. The van der Waals surface area contributed by atoms with Crippen molar-refractivity contribution in [2.45, 2.75) is 62.8 Å². The summed E-state index contributed by atoms with van der Waals surface area (Å²) < 4.78 is 0. The van der Waals surface area contributed by atoms with Gasteiger partial charge in [-0.1, -0.05) is 19.1 Å². The molecule has 15 nitrogen and oxygen atoms in total. The number of hydrogen-bond acceptors (Lipinski definition) is 10. The van der Waals surface area contributed by atoms with Crippen molar-refractivity contribution >= 4 is 42.1 Å². The van der Waals surface area contributed by atoms with E-state index in [-0.39, 0.29) is 41.4 Å². The van der Waals surface area contributed by atoms with Crippen LogP contribution in [0.15, 0.2) is 58.5 Å². The van der Waals surface area contributed by atoms with Crippen molar-refractivity contribution in [3.63, 3.8) is 0 Å². The van der Waals surface area contributed by atoms with Crippen molar-refractivity contribution in [1.29, 1.82) is 10.7 Å². The number of aliphatic imine (C=N–C) groups is 2. The lowest BCUT2D eigenvalue weighted by atomic mass is 9.88. The fraction of sp³-hybridized carbons (Fsp3) is 0.444. The van der Waals surface area contributed by atoms with E-state index < -0.39 is 11.8 Å². The quantitative estimate of drug-likeness (QED) is 0.196. The summed E-state index contributed by atoms with van der Waals surface area (Å²) in [5, 5.41) is 34.1. The van der Waals surface area contributed by atoms with E-state index in [1.54, 1.807) is 64.7 Å². The largest absolute Gasteiger partial charge is 0.384 e. The minimum Gasteiger partial charge on any atom is -0.384 e. The third-order valence-corrected chi connectivity index (χ3v) is 9.84. The number of amides is 4. The molecule has 4 heterocycles. The van der Waals surface area contributed by atoms with Gasteiger partial charge in [-0.25, -0.2) is 0 Å². The smallest absolute Gasteiger partial charge is 0.253 e. The third-order valence-electron chi connectivity index (χ3n) is 9.84. The van der Waals surface area contributed by atoms with Crippen LogP contribution >= 0.6 is 0 Å². The number of nitrogen functional groups attached to an aromatic ring is 1. The van der Waals surface area contributed by atoms with Crippen molar-refractivity contribution < 1.29 is 29.4 Å². The summed E-state index contributed by atoms with van der Waals surface area (Å²) in [7, 11) is 0. The zero-order valence-electron chi connectivity index (χ0n) is 28.6. The number of piperidine rings is 2. The van der Waals surface area contributed by atoms with Gasteiger partial charge in [0.2, 0.25) is 11.8 Å². The fourth-order valence-corrected chi connectivity index (χ4v) is 6.63. The molecule has 2 aromatic rings. The van der Waals surface area contributed by atoms with Gasteiger partial charge in [-0.3, -0.25) is 34.6 Å². The molecule has 0 aromatic heterocycles. The van der Waals surface area contributed by atoms with Crippen LogP contribution in [-0.2, 0) is 9.59 Å². The first kappa shape index (κ1) is 36.8. The second kappa shape index (κ2) is 15.6. The number of hydrogen-bond donors (Lipinski definition) is 4. The van der Waals surface area contributed by atoms with E-state index >= 15 is 0 Å². The molecule has 268 valence electrons. The zero-order chi connectivity index (χ0) is 36.8. The Morgan fingerprint density at radius 2 is 1.20 bits per heavy atom. The Morgan fingerprint density at radius 3 is 1.59 bits per heavy atom. The maximum absolute atomic E-state index is 12.7. The maximum Gasteiger partial charge on any atom is 0.253 e. The van der Waals surface area contributed by atoms with Crippen LogP contribution in [0.25, 0.3) is 0 Å². The number of nitrogens with one attached hydrogen (secondary N) is 1. The first-order valence-corrected chi connectivity index (χ1v) is 17.0. The molecule has 4 aliphatic heterocycles. The van der Waals surface area contributed by atoms with E-state index in [1.807, 2.05) is 11.8 Å². The molecular weight excluding hydrogens is 654 g/mol. The number of nitriles is 1. The first-order valence-electron chi connectivity index (χ1n) is 17.0. The van der Waals surface area contributed by atoms with Gasteiger partial charge in [-0.2, -0.15) is 5.26 Å². The molecule has 0 bridgehead atoms. The predicted octanol–water partition coefficient (Wildman–Crippen LogP) is 1.33. The van der Waals surface area contributed by atoms with Crippen molar-refractivity contribution in [1.82, 2.24) is 19.6 Å². The monoisotopic (exact) mass is 697 g/mol. The van der Waals surface area contributed by atoms with Crippen molar-refractivity contribution in [2.75, 3.05) is 39.3 Å². The number of benzene rings is 2. The summed E-state index contributed by atoms with van der Waals surface area (Å²) in [5.74, 6) is -0.432. The highest BCUT2D eigenvalue weighted by atomic mass is 16.5. The lowest BCUT2D eigenvalue weighted by molar-refractivity contribution is -0.136. The van der Waals surface area contributed by atoms with Crippen LogP contribution in [0.2, 0.25) is 0 Å². The molecule has 2 fully saturated rings. The summed E-state index contributed by atoms with van der Waals surface area (Å²) in [6, 6.07) is 15.4. The van der Waals surface area contributed by atoms with E-state index in [1.165, 1.54) is 11.2 Å². The Kier molecular flexibility index (Phi) is 11.3. The zero-order valence-corrected chi connectivity index (χ0v) is 28.6. The Hall–Kier alpha value is -5.46. The van der Waals surface area contributed by atoms with Gasteiger partial charge in [-0.15, -0.1) is 0 Å². The molecule has 51 heavy (non-hydrogen) atoms. The number of nitrogens with two attached hydrogens (primary N) is 1. The molecule has 0 aliphatic carbocycles. The van der Waals surface area contributed by atoms with Gasteiger partial charge >= 0.3 is 0 Å².